The third-order valence-electron chi connectivity index (χ3n) is 3.47. The summed E-state index contributed by atoms with van der Waals surface area (Å²) in [6.07, 6.45) is 7.98. The second kappa shape index (κ2) is 3.23. The van der Waals surface area contributed by atoms with E-state index in [0.717, 1.165) is 16.4 Å². The number of pyridine rings is 1. The summed E-state index contributed by atoms with van der Waals surface area (Å²) in [5, 5.41) is 0. The van der Waals surface area contributed by atoms with Crippen molar-refractivity contribution in [1.29, 1.82) is 0 Å². The summed E-state index contributed by atoms with van der Waals surface area (Å²) in [5.41, 5.74) is 1.33. The predicted octanol–water partition coefficient (Wildman–Crippen LogP) is 2.83. The van der Waals surface area contributed by atoms with E-state index >= 15 is 0 Å². The monoisotopic (exact) mass is 252 g/mol. The minimum absolute atomic E-state index is 0.790. The Labute approximate surface area is 92.5 Å². The molecule has 2 unspecified atom stereocenters. The van der Waals surface area contributed by atoms with Crippen LogP contribution in [0.3, 0.4) is 0 Å². The third kappa shape index (κ3) is 1.26. The maximum Gasteiger partial charge on any atom is 0.0592 e. The number of anilines is 1. The Morgan fingerprint density at radius 3 is 3.00 bits per heavy atom. The van der Waals surface area contributed by atoms with Crippen LogP contribution in [0.2, 0.25) is 0 Å². The lowest BCUT2D eigenvalue weighted by molar-refractivity contribution is 0.553. The van der Waals surface area contributed by atoms with Gasteiger partial charge in [-0.1, -0.05) is 0 Å². The van der Waals surface area contributed by atoms with Crippen molar-refractivity contribution in [2.24, 2.45) is 5.92 Å². The van der Waals surface area contributed by atoms with Gasteiger partial charge in [-0.3, -0.25) is 4.98 Å². The molecule has 74 valence electrons. The molecule has 1 saturated heterocycles. The van der Waals surface area contributed by atoms with E-state index in [1.54, 1.807) is 0 Å². The average molecular weight is 253 g/mol. The van der Waals surface area contributed by atoms with E-state index in [0.29, 0.717) is 0 Å². The summed E-state index contributed by atoms with van der Waals surface area (Å²) >= 11 is 3.57. The standard InChI is InChI=1S/C11H13BrN2/c12-10-6-13-4-3-11(10)14-7-8-1-2-9(14)5-8/h3-4,6,8-9H,1-2,5,7H2. The first-order chi connectivity index (χ1) is 6.84. The molecule has 1 aliphatic carbocycles. The second-order valence-electron chi connectivity index (χ2n) is 4.31. The Bertz CT molecular complexity index is 353. The van der Waals surface area contributed by atoms with Gasteiger partial charge in [-0.25, -0.2) is 0 Å². The van der Waals surface area contributed by atoms with Crippen LogP contribution in [0.5, 0.6) is 0 Å². The van der Waals surface area contributed by atoms with E-state index in [4.69, 9.17) is 0 Å². The van der Waals surface area contributed by atoms with Gasteiger partial charge in [-0.2, -0.15) is 0 Å². The van der Waals surface area contributed by atoms with Crippen LogP contribution >= 0.6 is 15.9 Å². The van der Waals surface area contributed by atoms with Crippen LogP contribution in [-0.2, 0) is 0 Å². The molecule has 0 N–H and O–H groups in total. The normalized spacial score (nSPS) is 29.9. The van der Waals surface area contributed by atoms with E-state index in [1.807, 2.05) is 12.4 Å². The molecule has 0 spiro atoms. The van der Waals surface area contributed by atoms with Gasteiger partial charge in [-0.05, 0) is 47.2 Å². The summed E-state index contributed by atoms with van der Waals surface area (Å²) < 4.78 is 1.13. The molecule has 2 aliphatic rings. The van der Waals surface area contributed by atoms with Gasteiger partial charge in [-0.15, -0.1) is 0 Å². The van der Waals surface area contributed by atoms with Crippen molar-refractivity contribution < 1.29 is 0 Å². The van der Waals surface area contributed by atoms with Crippen molar-refractivity contribution in [1.82, 2.24) is 4.98 Å². The van der Waals surface area contributed by atoms with E-state index in [2.05, 4.69) is 31.9 Å². The van der Waals surface area contributed by atoms with Gasteiger partial charge in [0.25, 0.3) is 0 Å². The molecule has 2 atom stereocenters. The molecule has 3 heteroatoms. The van der Waals surface area contributed by atoms with E-state index in [9.17, 15) is 0 Å². The van der Waals surface area contributed by atoms with Crippen LogP contribution in [-0.4, -0.2) is 17.6 Å². The molecule has 0 aromatic carbocycles. The minimum atomic E-state index is 0.790. The molecule has 2 nitrogen and oxygen atoms in total. The minimum Gasteiger partial charge on any atom is -0.367 e. The lowest BCUT2D eigenvalue weighted by atomic mass is 10.1. The van der Waals surface area contributed by atoms with Crippen LogP contribution in [0.15, 0.2) is 22.9 Å². The molecule has 14 heavy (non-hydrogen) atoms. The molecular weight excluding hydrogens is 240 g/mol. The number of hydrogen-bond acceptors (Lipinski definition) is 2. The van der Waals surface area contributed by atoms with Crippen molar-refractivity contribution in [3.63, 3.8) is 0 Å². The van der Waals surface area contributed by atoms with E-state index in [1.165, 1.54) is 31.5 Å². The Hall–Kier alpha value is -0.570. The van der Waals surface area contributed by atoms with Crippen LogP contribution in [0.1, 0.15) is 19.3 Å². The fourth-order valence-electron chi connectivity index (χ4n) is 2.82. The highest BCUT2D eigenvalue weighted by Crippen LogP contribution is 2.41. The number of rotatable bonds is 1. The Morgan fingerprint density at radius 1 is 1.43 bits per heavy atom. The fourth-order valence-corrected chi connectivity index (χ4v) is 3.30. The lowest BCUT2D eigenvalue weighted by Crippen LogP contribution is -2.32. The maximum absolute atomic E-state index is 4.10. The first-order valence-electron chi connectivity index (χ1n) is 5.21. The number of fused-ring (bicyclic) bond motifs is 2. The molecule has 2 bridgehead atoms. The zero-order chi connectivity index (χ0) is 9.54. The highest BCUT2D eigenvalue weighted by Gasteiger charge is 2.38. The maximum atomic E-state index is 4.10. The van der Waals surface area contributed by atoms with Crippen molar-refractivity contribution in [2.45, 2.75) is 25.3 Å². The second-order valence-corrected chi connectivity index (χ2v) is 5.17. The largest absolute Gasteiger partial charge is 0.367 e. The molecule has 1 aromatic rings. The first-order valence-corrected chi connectivity index (χ1v) is 6.00. The van der Waals surface area contributed by atoms with Crippen molar-refractivity contribution in [3.8, 4) is 0 Å². The highest BCUT2D eigenvalue weighted by molar-refractivity contribution is 9.10. The Balaban J connectivity index is 1.93. The Kier molecular flexibility index (Phi) is 2.01. The quantitative estimate of drug-likeness (QED) is 0.765. The SMILES string of the molecule is Brc1cnccc1N1CC2CCC1C2. The average Bonchev–Trinajstić information content (AvgIpc) is 2.79. The number of hydrogen-bond donors (Lipinski definition) is 0. The molecule has 3 rings (SSSR count). The smallest absolute Gasteiger partial charge is 0.0592 e. The zero-order valence-electron chi connectivity index (χ0n) is 7.99. The van der Waals surface area contributed by atoms with Gasteiger partial charge in [0, 0.05) is 25.0 Å². The summed E-state index contributed by atoms with van der Waals surface area (Å²) in [4.78, 5) is 6.65. The van der Waals surface area contributed by atoms with Crippen LogP contribution in [0, 0.1) is 5.92 Å². The summed E-state index contributed by atoms with van der Waals surface area (Å²) in [6, 6.07) is 2.91. The van der Waals surface area contributed by atoms with Crippen molar-refractivity contribution in [3.05, 3.63) is 22.9 Å². The summed E-state index contributed by atoms with van der Waals surface area (Å²) in [7, 11) is 0. The predicted molar refractivity (Wildman–Crippen MR) is 60.4 cm³/mol. The summed E-state index contributed by atoms with van der Waals surface area (Å²) in [6.45, 7) is 1.24. The van der Waals surface area contributed by atoms with Crippen LogP contribution < -0.4 is 4.90 Å². The molecule has 1 aliphatic heterocycles. The molecule has 1 saturated carbocycles. The van der Waals surface area contributed by atoms with Gasteiger partial charge in [0.05, 0.1) is 10.2 Å². The molecule has 0 radical (unpaired) electrons. The molecule has 1 aromatic heterocycles. The third-order valence-corrected chi connectivity index (χ3v) is 4.08. The van der Waals surface area contributed by atoms with Crippen LogP contribution in [0.4, 0.5) is 5.69 Å². The van der Waals surface area contributed by atoms with Gasteiger partial charge < -0.3 is 4.90 Å². The summed E-state index contributed by atoms with van der Waals surface area (Å²) in [5.74, 6) is 0.945. The van der Waals surface area contributed by atoms with E-state index in [-0.39, 0.29) is 0 Å². The number of halogens is 1. The fraction of sp³-hybridized carbons (Fsp3) is 0.545. The lowest BCUT2D eigenvalue weighted by Gasteiger charge is -2.29. The molecule has 2 fully saturated rings. The number of aromatic nitrogens is 1. The number of nitrogens with zero attached hydrogens (tertiary/aromatic N) is 2. The van der Waals surface area contributed by atoms with E-state index < -0.39 is 0 Å². The van der Waals surface area contributed by atoms with Gasteiger partial charge in [0.2, 0.25) is 0 Å². The van der Waals surface area contributed by atoms with Gasteiger partial charge in [0.15, 0.2) is 0 Å². The van der Waals surface area contributed by atoms with Crippen LogP contribution in [0.25, 0.3) is 0 Å². The zero-order valence-corrected chi connectivity index (χ0v) is 9.57. The molecule has 2 heterocycles. The first kappa shape index (κ1) is 8.72. The van der Waals surface area contributed by atoms with Gasteiger partial charge in [0.1, 0.15) is 0 Å². The van der Waals surface area contributed by atoms with Crippen molar-refractivity contribution in [2.75, 3.05) is 11.4 Å². The Morgan fingerprint density at radius 2 is 2.36 bits per heavy atom. The highest BCUT2D eigenvalue weighted by atomic mass is 79.9. The van der Waals surface area contributed by atoms with Crippen molar-refractivity contribution >= 4 is 21.6 Å². The van der Waals surface area contributed by atoms with Gasteiger partial charge >= 0.3 is 0 Å². The molecular formula is C11H13BrN2. The topological polar surface area (TPSA) is 16.1 Å². The molecule has 0 amide bonds. The number of piperidine rings is 1.